The average Bonchev–Trinajstić information content (AvgIpc) is 3.09. The number of pyridine rings is 1. The molecular weight excluding hydrogens is 392 g/mol. The van der Waals surface area contributed by atoms with Crippen LogP contribution in [0.4, 0.5) is 5.82 Å². The van der Waals surface area contributed by atoms with Crippen molar-refractivity contribution in [3.8, 4) is 5.75 Å². The number of carbonyl (C=O) groups excluding carboxylic acids is 1. The van der Waals surface area contributed by atoms with Gasteiger partial charge >= 0.3 is 5.97 Å². The van der Waals surface area contributed by atoms with Crippen molar-refractivity contribution in [2.75, 3.05) is 18.0 Å². The number of esters is 1. The summed E-state index contributed by atoms with van der Waals surface area (Å²) >= 11 is 0. The van der Waals surface area contributed by atoms with Crippen LogP contribution >= 0.6 is 0 Å². The van der Waals surface area contributed by atoms with E-state index in [2.05, 4.69) is 4.98 Å². The lowest BCUT2D eigenvalue weighted by molar-refractivity contribution is -0.148. The maximum Gasteiger partial charge on any atom is 0.331 e. The second kappa shape index (κ2) is 7.87. The molecule has 0 saturated heterocycles. The van der Waals surface area contributed by atoms with Crippen molar-refractivity contribution in [2.45, 2.75) is 37.7 Å². The van der Waals surface area contributed by atoms with Crippen molar-refractivity contribution in [3.05, 3.63) is 53.7 Å². The molecule has 0 radical (unpaired) electrons. The van der Waals surface area contributed by atoms with Gasteiger partial charge in [-0.2, -0.15) is 0 Å². The van der Waals surface area contributed by atoms with Gasteiger partial charge in [-0.1, -0.05) is 0 Å². The first kappa shape index (κ1) is 20.9. The summed E-state index contributed by atoms with van der Waals surface area (Å²) in [5.41, 5.74) is 0.959. The first-order chi connectivity index (χ1) is 13.6. The highest BCUT2D eigenvalue weighted by molar-refractivity contribution is 7.92. The van der Waals surface area contributed by atoms with Crippen LogP contribution in [0, 0.1) is 0 Å². The zero-order chi connectivity index (χ0) is 21.2. The van der Waals surface area contributed by atoms with Gasteiger partial charge in [-0.15, -0.1) is 0 Å². The van der Waals surface area contributed by atoms with Gasteiger partial charge in [0, 0.05) is 18.8 Å². The molecule has 0 unspecified atom stereocenters. The number of anilines is 1. The van der Waals surface area contributed by atoms with Crippen molar-refractivity contribution in [1.82, 2.24) is 4.98 Å². The van der Waals surface area contributed by atoms with Crippen LogP contribution in [0.15, 0.2) is 47.5 Å². The molecule has 0 saturated carbocycles. The number of methoxy groups -OCH3 is 1. The maximum absolute atomic E-state index is 13.0. The molecule has 0 amide bonds. The Hall–Kier alpha value is -2.87. The molecule has 0 bridgehead atoms. The summed E-state index contributed by atoms with van der Waals surface area (Å²) in [6, 6.07) is 8.10. The van der Waals surface area contributed by atoms with E-state index in [0.717, 1.165) is 5.56 Å². The predicted octanol–water partition coefficient (Wildman–Crippen LogP) is 3.20. The van der Waals surface area contributed by atoms with Gasteiger partial charge in [-0.3, -0.25) is 0 Å². The molecule has 0 N–H and O–H groups in total. The molecule has 29 heavy (non-hydrogen) atoms. The molecule has 1 aromatic carbocycles. The first-order valence-electron chi connectivity index (χ1n) is 9.17. The lowest BCUT2D eigenvalue weighted by Crippen LogP contribution is -2.29. The van der Waals surface area contributed by atoms with Gasteiger partial charge < -0.3 is 9.47 Å². The Morgan fingerprint density at radius 3 is 2.52 bits per heavy atom. The minimum atomic E-state index is -3.71. The van der Waals surface area contributed by atoms with Gasteiger partial charge in [-0.25, -0.2) is 22.5 Å². The maximum atomic E-state index is 13.0. The minimum Gasteiger partial charge on any atom is -0.497 e. The fraction of sp³-hybridized carbons (Fsp3) is 0.333. The van der Waals surface area contributed by atoms with Crippen LogP contribution in [0.5, 0.6) is 5.75 Å². The summed E-state index contributed by atoms with van der Waals surface area (Å²) in [6.45, 7) is 5.71. The van der Waals surface area contributed by atoms with E-state index in [1.165, 1.54) is 29.6 Å². The van der Waals surface area contributed by atoms with Gasteiger partial charge in [0.25, 0.3) is 10.0 Å². The highest BCUT2D eigenvalue weighted by atomic mass is 32.2. The third kappa shape index (κ3) is 4.76. The number of hydrogen-bond donors (Lipinski definition) is 0. The Labute approximate surface area is 171 Å². The molecule has 8 heteroatoms. The van der Waals surface area contributed by atoms with Crippen LogP contribution in [0.25, 0.3) is 6.08 Å². The molecule has 3 rings (SSSR count). The first-order valence-corrected chi connectivity index (χ1v) is 10.6. The van der Waals surface area contributed by atoms with E-state index in [1.54, 1.807) is 45.2 Å². The molecule has 154 valence electrons. The van der Waals surface area contributed by atoms with Crippen molar-refractivity contribution in [2.24, 2.45) is 0 Å². The van der Waals surface area contributed by atoms with Crippen molar-refractivity contribution in [3.63, 3.8) is 0 Å². The second-order valence-electron chi connectivity index (χ2n) is 7.62. The van der Waals surface area contributed by atoms with Crippen molar-refractivity contribution in [1.29, 1.82) is 0 Å². The van der Waals surface area contributed by atoms with Gasteiger partial charge in [0.15, 0.2) is 0 Å². The number of sulfonamides is 1. The molecule has 0 fully saturated rings. The van der Waals surface area contributed by atoms with E-state index < -0.39 is 21.6 Å². The zero-order valence-electron chi connectivity index (χ0n) is 16.9. The van der Waals surface area contributed by atoms with E-state index in [4.69, 9.17) is 9.47 Å². The second-order valence-corrected chi connectivity index (χ2v) is 9.48. The van der Waals surface area contributed by atoms with E-state index in [1.807, 2.05) is 6.07 Å². The van der Waals surface area contributed by atoms with Crippen LogP contribution in [0.3, 0.4) is 0 Å². The smallest absolute Gasteiger partial charge is 0.331 e. The highest BCUT2D eigenvalue weighted by Gasteiger charge is 2.32. The number of hydrogen-bond acceptors (Lipinski definition) is 6. The monoisotopic (exact) mass is 416 g/mol. The Bertz CT molecular complexity index is 1040. The molecule has 0 atom stereocenters. The van der Waals surface area contributed by atoms with Crippen molar-refractivity contribution < 1.29 is 22.7 Å². The van der Waals surface area contributed by atoms with Gasteiger partial charge in [0.1, 0.15) is 17.2 Å². The number of fused-ring (bicyclic) bond motifs is 1. The molecule has 2 heterocycles. The number of rotatable bonds is 5. The average molecular weight is 416 g/mol. The van der Waals surface area contributed by atoms with E-state index in [0.29, 0.717) is 30.1 Å². The SMILES string of the molecule is COc1ccc(S(=O)(=O)N2CCc3cc(/C=C/C(=O)OC(C)(C)C)cnc32)cc1. The van der Waals surface area contributed by atoms with E-state index in [9.17, 15) is 13.2 Å². The molecule has 0 aliphatic carbocycles. The normalized spacial score (nSPS) is 14.1. The number of aromatic nitrogens is 1. The number of carbonyl (C=O) groups is 1. The Kier molecular flexibility index (Phi) is 5.66. The molecule has 1 aromatic heterocycles. The van der Waals surface area contributed by atoms with Crippen LogP contribution in [0.1, 0.15) is 31.9 Å². The standard InChI is InChI=1S/C21H24N2O5S/c1-21(2,3)28-19(24)10-5-15-13-16-11-12-23(20(16)22-14-15)29(25,26)18-8-6-17(27-4)7-9-18/h5-10,13-14H,11-12H2,1-4H3/b10-5+. The molecule has 7 nitrogen and oxygen atoms in total. The summed E-state index contributed by atoms with van der Waals surface area (Å²) in [5.74, 6) is 0.558. The molecular formula is C21H24N2O5S. The van der Waals surface area contributed by atoms with E-state index >= 15 is 0 Å². The highest BCUT2D eigenvalue weighted by Crippen LogP contribution is 2.32. The van der Waals surface area contributed by atoms with Crippen LogP contribution in [-0.4, -0.2) is 38.6 Å². The Balaban J connectivity index is 1.80. The predicted molar refractivity (Wildman–Crippen MR) is 110 cm³/mol. The fourth-order valence-corrected chi connectivity index (χ4v) is 4.42. The van der Waals surface area contributed by atoms with Crippen molar-refractivity contribution >= 4 is 27.9 Å². The number of nitrogens with zero attached hydrogens (tertiary/aromatic N) is 2. The largest absolute Gasteiger partial charge is 0.497 e. The topological polar surface area (TPSA) is 85.8 Å². The molecule has 1 aliphatic heterocycles. The fourth-order valence-electron chi connectivity index (χ4n) is 2.96. The van der Waals surface area contributed by atoms with Crippen LogP contribution in [0.2, 0.25) is 0 Å². The van der Waals surface area contributed by atoms with Gasteiger partial charge in [0.2, 0.25) is 0 Å². The zero-order valence-corrected chi connectivity index (χ0v) is 17.7. The summed E-state index contributed by atoms with van der Waals surface area (Å²) in [4.78, 5) is 16.3. The third-order valence-corrected chi connectivity index (χ3v) is 6.05. The van der Waals surface area contributed by atoms with Crippen LogP contribution in [-0.2, 0) is 26.0 Å². The quantitative estimate of drug-likeness (QED) is 0.550. The minimum absolute atomic E-state index is 0.182. The summed E-state index contributed by atoms with van der Waals surface area (Å²) < 4.78 is 37.6. The molecule has 1 aliphatic rings. The Morgan fingerprint density at radius 1 is 1.21 bits per heavy atom. The lowest BCUT2D eigenvalue weighted by Gasteiger charge is -2.19. The Morgan fingerprint density at radius 2 is 1.90 bits per heavy atom. The lowest BCUT2D eigenvalue weighted by atomic mass is 10.1. The summed E-state index contributed by atoms with van der Waals surface area (Å²) in [5, 5.41) is 0. The third-order valence-electron chi connectivity index (χ3n) is 4.25. The van der Waals surface area contributed by atoms with Gasteiger partial charge in [0.05, 0.1) is 12.0 Å². The molecule has 2 aromatic rings. The summed E-state index contributed by atoms with van der Waals surface area (Å²) in [6.07, 6.45) is 5.05. The van der Waals surface area contributed by atoms with Gasteiger partial charge in [-0.05, 0) is 74.7 Å². The summed E-state index contributed by atoms with van der Waals surface area (Å²) in [7, 11) is -2.19. The number of ether oxygens (including phenoxy) is 2. The van der Waals surface area contributed by atoms with Crippen LogP contribution < -0.4 is 9.04 Å². The number of benzene rings is 1. The molecule has 0 spiro atoms. The van der Waals surface area contributed by atoms with E-state index in [-0.39, 0.29) is 4.90 Å².